The molecule has 0 fully saturated rings. The van der Waals surface area contributed by atoms with Gasteiger partial charge in [0, 0.05) is 11.8 Å². The van der Waals surface area contributed by atoms with Gasteiger partial charge in [0.2, 0.25) is 5.82 Å². The van der Waals surface area contributed by atoms with E-state index in [9.17, 15) is 32.9 Å². The molecule has 0 N–H and O–H groups in total. The largest absolute Gasteiger partial charge is 0.465 e. The second kappa shape index (κ2) is 9.77. The number of rotatable bonds is 8. The molecular weight excluding hydrogens is 405 g/mol. The van der Waals surface area contributed by atoms with Crippen LogP contribution in [0.4, 0.5) is 18.9 Å². The number of benzene rings is 2. The molecule has 2 rings (SSSR count). The minimum Gasteiger partial charge on any atom is -0.465 e. The Morgan fingerprint density at radius 3 is 2.37 bits per heavy atom. The number of Topliss-reactive ketones (excluding diaryl/α,β-unsaturated/α-hetero) is 1. The summed E-state index contributed by atoms with van der Waals surface area (Å²) in [6.07, 6.45) is 0.854. The highest BCUT2D eigenvalue weighted by atomic mass is 19.2. The quantitative estimate of drug-likeness (QED) is 0.122. The third-order valence-electron chi connectivity index (χ3n) is 4.14. The van der Waals surface area contributed by atoms with Gasteiger partial charge in [-0.2, -0.15) is 4.39 Å². The lowest BCUT2D eigenvalue weighted by Crippen LogP contribution is -2.29. The Balaban J connectivity index is 2.53. The van der Waals surface area contributed by atoms with Gasteiger partial charge in [0.25, 0.3) is 0 Å². The van der Waals surface area contributed by atoms with Gasteiger partial charge in [-0.25, -0.2) is 8.78 Å². The van der Waals surface area contributed by atoms with Crippen LogP contribution in [-0.2, 0) is 16.1 Å². The first-order chi connectivity index (χ1) is 14.2. The topological polar surface area (TPSA) is 98.9 Å². The lowest BCUT2D eigenvalue weighted by atomic mass is 9.94. The third-order valence-corrected chi connectivity index (χ3v) is 4.14. The van der Waals surface area contributed by atoms with Gasteiger partial charge >= 0.3 is 11.7 Å². The van der Waals surface area contributed by atoms with E-state index < -0.39 is 56.9 Å². The predicted molar refractivity (Wildman–Crippen MR) is 101 cm³/mol. The molecule has 30 heavy (non-hydrogen) atoms. The predicted octanol–water partition coefficient (Wildman–Crippen LogP) is 3.95. The summed E-state index contributed by atoms with van der Waals surface area (Å²) in [5.41, 5.74) is -3.23. The molecule has 0 aliphatic carbocycles. The van der Waals surface area contributed by atoms with Gasteiger partial charge in [0.15, 0.2) is 17.5 Å². The Morgan fingerprint density at radius 2 is 1.80 bits per heavy atom. The molecular formula is C20H17F3N2O5. The number of ether oxygens (including phenoxy) is 1. The van der Waals surface area contributed by atoms with Gasteiger partial charge < -0.3 is 4.74 Å². The fourth-order valence-corrected chi connectivity index (χ4v) is 2.63. The van der Waals surface area contributed by atoms with Crippen LogP contribution in [0.15, 0.2) is 35.3 Å². The number of aliphatic imine (C=N–C) groups is 1. The zero-order valence-corrected chi connectivity index (χ0v) is 16.0. The zero-order valence-electron chi connectivity index (χ0n) is 16.0. The molecule has 0 heterocycles. The van der Waals surface area contributed by atoms with Gasteiger partial charge in [0.05, 0.1) is 18.1 Å². The summed E-state index contributed by atoms with van der Waals surface area (Å²) in [6, 6.07) is 8.69. The summed E-state index contributed by atoms with van der Waals surface area (Å²) in [7, 11) is 0. The summed E-state index contributed by atoms with van der Waals surface area (Å²) >= 11 is 0. The van der Waals surface area contributed by atoms with Gasteiger partial charge in [-0.05, 0) is 19.4 Å². The molecule has 158 valence electrons. The van der Waals surface area contributed by atoms with Crippen molar-refractivity contribution in [3.8, 4) is 0 Å². The molecule has 1 atom stereocenters. The standard InChI is InChI=1S/C20H17F3N2O5/c1-3-30-20(27)13(10-24-9-12-7-5-4-6-8-12)19(26)14-15(21)11(2)16(22)17(23)18(14)25(28)29/h4-8,10,13H,3,9H2,1-2H3. The molecule has 0 bridgehead atoms. The van der Waals surface area contributed by atoms with Crippen molar-refractivity contribution in [1.82, 2.24) is 0 Å². The fraction of sp³-hybridized carbons (Fsp3) is 0.250. The van der Waals surface area contributed by atoms with Crippen LogP contribution in [0.3, 0.4) is 0 Å². The molecule has 0 saturated heterocycles. The van der Waals surface area contributed by atoms with Gasteiger partial charge in [-0.3, -0.25) is 24.7 Å². The van der Waals surface area contributed by atoms with Gasteiger partial charge in [0.1, 0.15) is 11.4 Å². The minimum atomic E-state index is -1.99. The monoisotopic (exact) mass is 422 g/mol. The zero-order chi connectivity index (χ0) is 22.4. The van der Waals surface area contributed by atoms with Crippen molar-refractivity contribution in [3.63, 3.8) is 0 Å². The molecule has 0 saturated carbocycles. The Bertz CT molecular complexity index is 1010. The average Bonchev–Trinajstić information content (AvgIpc) is 2.72. The number of esters is 1. The highest BCUT2D eigenvalue weighted by Gasteiger charge is 2.39. The molecule has 0 amide bonds. The van der Waals surface area contributed by atoms with Crippen molar-refractivity contribution in [2.24, 2.45) is 10.9 Å². The van der Waals surface area contributed by atoms with E-state index in [1.807, 2.05) is 0 Å². The first kappa shape index (κ1) is 22.7. The number of hydrogen-bond donors (Lipinski definition) is 0. The molecule has 0 radical (unpaired) electrons. The first-order valence-electron chi connectivity index (χ1n) is 8.76. The molecule has 7 nitrogen and oxygen atoms in total. The second-order valence-electron chi connectivity index (χ2n) is 6.12. The van der Waals surface area contributed by atoms with E-state index in [4.69, 9.17) is 4.74 Å². The van der Waals surface area contributed by atoms with Crippen LogP contribution in [0, 0.1) is 40.4 Å². The molecule has 0 spiro atoms. The Labute approximate surface area is 169 Å². The van der Waals surface area contributed by atoms with Crippen LogP contribution in [0.25, 0.3) is 0 Å². The minimum absolute atomic E-state index is 0.0470. The normalized spacial score (nSPS) is 12.0. The van der Waals surface area contributed by atoms with Crippen molar-refractivity contribution in [1.29, 1.82) is 0 Å². The Hall–Kier alpha value is -3.56. The van der Waals surface area contributed by atoms with Crippen LogP contribution in [0.5, 0.6) is 0 Å². The van der Waals surface area contributed by atoms with E-state index in [0.29, 0.717) is 0 Å². The number of halogens is 3. The maximum Gasteiger partial charge on any atom is 0.322 e. The van der Waals surface area contributed by atoms with E-state index >= 15 is 0 Å². The van der Waals surface area contributed by atoms with E-state index in [2.05, 4.69) is 4.99 Å². The first-order valence-corrected chi connectivity index (χ1v) is 8.76. The van der Waals surface area contributed by atoms with E-state index in [-0.39, 0.29) is 13.2 Å². The number of hydrogen-bond acceptors (Lipinski definition) is 6. The fourth-order valence-electron chi connectivity index (χ4n) is 2.63. The second-order valence-corrected chi connectivity index (χ2v) is 6.12. The van der Waals surface area contributed by atoms with Gasteiger partial charge in [-0.15, -0.1) is 0 Å². The number of nitrogens with zero attached hydrogens (tertiary/aromatic N) is 2. The summed E-state index contributed by atoms with van der Waals surface area (Å²) in [6.45, 7) is 2.17. The van der Waals surface area contributed by atoms with E-state index in [0.717, 1.165) is 18.7 Å². The molecule has 2 aromatic carbocycles. The van der Waals surface area contributed by atoms with Crippen molar-refractivity contribution in [2.75, 3.05) is 6.61 Å². The lowest BCUT2D eigenvalue weighted by Gasteiger charge is -2.13. The number of carbonyl (C=O) groups excluding carboxylic acids is 2. The van der Waals surface area contributed by atoms with Crippen LogP contribution in [-0.4, -0.2) is 29.5 Å². The summed E-state index contributed by atoms with van der Waals surface area (Å²) in [5.74, 6) is -9.92. The SMILES string of the molecule is CCOC(=O)C(C=NCc1ccccc1)C(=O)c1c(F)c(C)c(F)c(F)c1[N+](=O)[O-]. The number of nitro benzene ring substituents is 1. The van der Waals surface area contributed by atoms with Gasteiger partial charge in [-0.1, -0.05) is 30.3 Å². The molecule has 10 heteroatoms. The molecule has 2 aromatic rings. The lowest BCUT2D eigenvalue weighted by molar-refractivity contribution is -0.388. The van der Waals surface area contributed by atoms with Crippen molar-refractivity contribution < 1.29 is 32.4 Å². The molecule has 1 unspecified atom stereocenters. The van der Waals surface area contributed by atoms with Crippen LogP contribution in [0.1, 0.15) is 28.4 Å². The molecule has 0 aromatic heterocycles. The molecule has 0 aliphatic rings. The van der Waals surface area contributed by atoms with Crippen LogP contribution < -0.4 is 0 Å². The summed E-state index contributed by atoms with van der Waals surface area (Å²) in [4.78, 5) is 38.8. The smallest absolute Gasteiger partial charge is 0.322 e. The third kappa shape index (κ3) is 4.70. The number of carbonyl (C=O) groups is 2. The van der Waals surface area contributed by atoms with Crippen molar-refractivity contribution in [3.05, 3.63) is 74.6 Å². The van der Waals surface area contributed by atoms with E-state index in [1.54, 1.807) is 30.3 Å². The highest BCUT2D eigenvalue weighted by molar-refractivity contribution is 6.20. The Morgan fingerprint density at radius 1 is 1.17 bits per heavy atom. The highest BCUT2D eigenvalue weighted by Crippen LogP contribution is 2.32. The van der Waals surface area contributed by atoms with Crippen molar-refractivity contribution >= 4 is 23.7 Å². The Kier molecular flexibility index (Phi) is 7.40. The summed E-state index contributed by atoms with van der Waals surface area (Å²) in [5, 5.41) is 11.2. The average molecular weight is 422 g/mol. The summed E-state index contributed by atoms with van der Waals surface area (Å²) < 4.78 is 47.2. The van der Waals surface area contributed by atoms with Crippen LogP contribution >= 0.6 is 0 Å². The van der Waals surface area contributed by atoms with Crippen LogP contribution in [0.2, 0.25) is 0 Å². The number of ketones is 1. The maximum atomic E-state index is 14.6. The van der Waals surface area contributed by atoms with E-state index in [1.165, 1.54) is 6.92 Å². The van der Waals surface area contributed by atoms with Crippen molar-refractivity contribution in [2.45, 2.75) is 20.4 Å². The number of nitro groups is 1. The molecule has 0 aliphatic heterocycles. The maximum absolute atomic E-state index is 14.6.